The Labute approximate surface area is 108 Å². The van der Waals surface area contributed by atoms with E-state index in [1.165, 1.54) is 0 Å². The van der Waals surface area contributed by atoms with Gasteiger partial charge in [0, 0.05) is 11.9 Å². The number of thiazole rings is 1. The van der Waals surface area contributed by atoms with Crippen LogP contribution in [0.3, 0.4) is 0 Å². The smallest absolute Gasteiger partial charge is 0.0897 e. The van der Waals surface area contributed by atoms with Crippen molar-refractivity contribution in [2.75, 3.05) is 6.54 Å². The van der Waals surface area contributed by atoms with Crippen molar-refractivity contribution >= 4 is 11.3 Å². The molecule has 17 heavy (non-hydrogen) atoms. The molecule has 1 rings (SSSR count). The molecule has 0 amide bonds. The molecular weight excluding hydrogens is 230 g/mol. The van der Waals surface area contributed by atoms with Crippen LogP contribution in [0.4, 0.5) is 0 Å². The number of rotatable bonds is 7. The summed E-state index contributed by atoms with van der Waals surface area (Å²) >= 11 is 1.69. The Bertz CT molecular complexity index is 376. The van der Waals surface area contributed by atoms with Crippen molar-refractivity contribution in [2.45, 2.75) is 46.6 Å². The van der Waals surface area contributed by atoms with E-state index in [1.54, 1.807) is 11.3 Å². The van der Waals surface area contributed by atoms with Gasteiger partial charge < -0.3 is 5.32 Å². The van der Waals surface area contributed by atoms with Gasteiger partial charge in [0.2, 0.25) is 0 Å². The number of aryl methyl sites for hydroxylation is 1. The average Bonchev–Trinajstić information content (AvgIpc) is 2.69. The van der Waals surface area contributed by atoms with Gasteiger partial charge in [0.05, 0.1) is 22.2 Å². The Morgan fingerprint density at radius 3 is 2.82 bits per heavy atom. The first-order valence-corrected chi connectivity index (χ1v) is 6.94. The zero-order valence-corrected chi connectivity index (χ0v) is 11.7. The quantitative estimate of drug-likeness (QED) is 0.757. The van der Waals surface area contributed by atoms with Gasteiger partial charge in [-0.3, -0.25) is 0 Å². The van der Waals surface area contributed by atoms with E-state index < -0.39 is 0 Å². The molecule has 1 aromatic rings. The number of nitrogens with one attached hydrogen (secondary N) is 1. The number of unbranched alkanes of at least 4 members (excludes halogenated alkanes) is 1. The third kappa shape index (κ3) is 5.81. The predicted molar refractivity (Wildman–Crippen MR) is 71.8 cm³/mol. The highest BCUT2D eigenvalue weighted by atomic mass is 32.1. The van der Waals surface area contributed by atoms with Crippen molar-refractivity contribution in [3.8, 4) is 6.07 Å². The Hall–Kier alpha value is -0.920. The lowest BCUT2D eigenvalue weighted by atomic mass is 9.89. The zero-order valence-electron chi connectivity index (χ0n) is 10.9. The summed E-state index contributed by atoms with van der Waals surface area (Å²) in [6.07, 6.45) is 3.19. The molecule has 0 bridgehead atoms. The predicted octanol–water partition coefficient (Wildman–Crippen LogP) is 3.26. The van der Waals surface area contributed by atoms with E-state index in [4.69, 9.17) is 5.26 Å². The third-order valence-corrected chi connectivity index (χ3v) is 3.50. The standard InChI is InChI=1S/C13H21N3S/c1-11-16-12(9-17-11)8-15-7-5-4-6-13(2,3)10-14/h9,15H,4-8H2,1-3H3. The fraction of sp³-hybridized carbons (Fsp3) is 0.692. The molecule has 0 spiro atoms. The van der Waals surface area contributed by atoms with Gasteiger partial charge in [-0.1, -0.05) is 6.42 Å². The molecule has 1 aromatic heterocycles. The molecule has 1 N–H and O–H groups in total. The first kappa shape index (κ1) is 14.1. The Kier molecular flexibility index (Phi) is 5.60. The number of nitrogens with zero attached hydrogens (tertiary/aromatic N) is 2. The highest BCUT2D eigenvalue weighted by Crippen LogP contribution is 2.21. The second-order valence-electron chi connectivity index (χ2n) is 4.99. The second-order valence-corrected chi connectivity index (χ2v) is 6.05. The summed E-state index contributed by atoms with van der Waals surface area (Å²) in [6.45, 7) is 7.87. The van der Waals surface area contributed by atoms with Crippen LogP contribution in [0.15, 0.2) is 5.38 Å². The van der Waals surface area contributed by atoms with E-state index >= 15 is 0 Å². The van der Waals surface area contributed by atoms with Crippen LogP contribution in [0.1, 0.15) is 43.8 Å². The van der Waals surface area contributed by atoms with Crippen molar-refractivity contribution in [2.24, 2.45) is 5.41 Å². The highest BCUT2D eigenvalue weighted by Gasteiger charge is 2.15. The number of hydrogen-bond donors (Lipinski definition) is 1. The SMILES string of the molecule is Cc1nc(CNCCCCC(C)(C)C#N)cs1. The first-order chi connectivity index (χ1) is 8.03. The van der Waals surface area contributed by atoms with Crippen molar-refractivity contribution < 1.29 is 0 Å². The topological polar surface area (TPSA) is 48.7 Å². The molecule has 4 heteroatoms. The summed E-state index contributed by atoms with van der Waals surface area (Å²) in [6, 6.07) is 2.33. The summed E-state index contributed by atoms with van der Waals surface area (Å²) in [5, 5.41) is 15.5. The molecule has 0 aliphatic carbocycles. The summed E-state index contributed by atoms with van der Waals surface area (Å²) < 4.78 is 0. The van der Waals surface area contributed by atoms with Crippen LogP contribution in [-0.4, -0.2) is 11.5 Å². The third-order valence-electron chi connectivity index (χ3n) is 2.68. The molecule has 1 heterocycles. The van der Waals surface area contributed by atoms with Crippen LogP contribution in [0.2, 0.25) is 0 Å². The maximum atomic E-state index is 8.87. The van der Waals surface area contributed by atoms with E-state index in [-0.39, 0.29) is 5.41 Å². The van der Waals surface area contributed by atoms with Gasteiger partial charge in [0.15, 0.2) is 0 Å². The monoisotopic (exact) mass is 251 g/mol. The number of hydrogen-bond acceptors (Lipinski definition) is 4. The van der Waals surface area contributed by atoms with Crippen molar-refractivity contribution in [1.29, 1.82) is 5.26 Å². The second kappa shape index (κ2) is 6.73. The molecular formula is C13H21N3S. The van der Waals surface area contributed by atoms with Gasteiger partial charge in [-0.2, -0.15) is 5.26 Å². The van der Waals surface area contributed by atoms with Crippen LogP contribution in [0.25, 0.3) is 0 Å². The van der Waals surface area contributed by atoms with Crippen LogP contribution in [0, 0.1) is 23.7 Å². The van der Waals surface area contributed by atoms with Crippen LogP contribution in [0.5, 0.6) is 0 Å². The van der Waals surface area contributed by atoms with E-state index in [0.29, 0.717) is 0 Å². The zero-order chi connectivity index (χ0) is 12.7. The van der Waals surface area contributed by atoms with E-state index in [9.17, 15) is 0 Å². The number of aromatic nitrogens is 1. The largest absolute Gasteiger partial charge is 0.311 e. The minimum Gasteiger partial charge on any atom is -0.311 e. The Morgan fingerprint density at radius 1 is 1.47 bits per heavy atom. The summed E-state index contributed by atoms with van der Waals surface area (Å²) in [4.78, 5) is 4.39. The van der Waals surface area contributed by atoms with Gasteiger partial charge in [0.25, 0.3) is 0 Å². The van der Waals surface area contributed by atoms with Gasteiger partial charge in [0.1, 0.15) is 0 Å². The van der Waals surface area contributed by atoms with Gasteiger partial charge in [-0.25, -0.2) is 4.98 Å². The lowest BCUT2D eigenvalue weighted by Crippen LogP contribution is -2.16. The summed E-state index contributed by atoms with van der Waals surface area (Å²) in [7, 11) is 0. The minimum absolute atomic E-state index is 0.175. The molecule has 0 fully saturated rings. The van der Waals surface area contributed by atoms with Crippen molar-refractivity contribution in [3.63, 3.8) is 0 Å². The van der Waals surface area contributed by atoms with E-state index in [2.05, 4.69) is 21.8 Å². The minimum atomic E-state index is -0.175. The Balaban J connectivity index is 2.04. The molecule has 0 atom stereocenters. The van der Waals surface area contributed by atoms with Gasteiger partial charge in [-0.15, -0.1) is 11.3 Å². The fourth-order valence-corrected chi connectivity index (χ4v) is 2.19. The van der Waals surface area contributed by atoms with Crippen LogP contribution in [-0.2, 0) is 6.54 Å². The molecule has 0 unspecified atom stereocenters. The van der Waals surface area contributed by atoms with Crippen LogP contribution < -0.4 is 5.32 Å². The highest BCUT2D eigenvalue weighted by molar-refractivity contribution is 7.09. The van der Waals surface area contributed by atoms with E-state index in [1.807, 2.05) is 20.8 Å². The lowest BCUT2D eigenvalue weighted by Gasteiger charge is -2.14. The fourth-order valence-electron chi connectivity index (χ4n) is 1.58. The van der Waals surface area contributed by atoms with Crippen LogP contribution >= 0.6 is 11.3 Å². The first-order valence-electron chi connectivity index (χ1n) is 6.06. The summed E-state index contributed by atoms with van der Waals surface area (Å²) in [5.41, 5.74) is 0.955. The maximum absolute atomic E-state index is 8.87. The average molecular weight is 251 g/mol. The van der Waals surface area contributed by atoms with E-state index in [0.717, 1.165) is 43.1 Å². The Morgan fingerprint density at radius 2 is 2.24 bits per heavy atom. The van der Waals surface area contributed by atoms with Gasteiger partial charge >= 0.3 is 0 Å². The molecule has 0 saturated carbocycles. The summed E-state index contributed by atoms with van der Waals surface area (Å²) in [5.74, 6) is 0. The molecule has 0 radical (unpaired) electrons. The number of nitriles is 1. The molecule has 0 aliphatic rings. The molecule has 0 aliphatic heterocycles. The normalized spacial score (nSPS) is 11.4. The molecule has 0 aromatic carbocycles. The lowest BCUT2D eigenvalue weighted by molar-refractivity contribution is 0.422. The van der Waals surface area contributed by atoms with Crippen molar-refractivity contribution in [3.05, 3.63) is 16.1 Å². The van der Waals surface area contributed by atoms with Crippen molar-refractivity contribution in [1.82, 2.24) is 10.3 Å². The molecule has 0 saturated heterocycles. The van der Waals surface area contributed by atoms with Gasteiger partial charge in [-0.05, 0) is 40.2 Å². The molecule has 94 valence electrons. The molecule has 3 nitrogen and oxygen atoms in total. The maximum Gasteiger partial charge on any atom is 0.0897 e.